The van der Waals surface area contributed by atoms with Crippen LogP contribution in [-0.2, 0) is 5.41 Å². The number of hydrogen-bond acceptors (Lipinski definition) is 3. The largest absolute Gasteiger partial charge is 0.457 e. The molecule has 5 nitrogen and oxygen atoms in total. The average Bonchev–Trinajstić information content (AvgIpc) is 3.61. The van der Waals surface area contributed by atoms with Crippen molar-refractivity contribution < 1.29 is 4.74 Å². The predicted octanol–water partition coefficient (Wildman–Crippen LogP) is 10.4. The van der Waals surface area contributed by atoms with Crippen LogP contribution in [0.1, 0.15) is 26.3 Å². The third-order valence-corrected chi connectivity index (χ3v) is 8.91. The molecule has 9 aromatic rings. The zero-order valence-corrected chi connectivity index (χ0v) is 25.3. The molecule has 0 N–H and O–H groups in total. The Hall–Kier alpha value is -5.68. The van der Waals surface area contributed by atoms with Crippen LogP contribution in [0, 0.1) is 0 Å². The summed E-state index contributed by atoms with van der Waals surface area (Å²) >= 11 is 0. The first-order chi connectivity index (χ1) is 22.0. The van der Waals surface area contributed by atoms with Crippen LogP contribution in [0.4, 0.5) is 0 Å². The van der Waals surface area contributed by atoms with Gasteiger partial charge in [0.05, 0.1) is 27.6 Å². The van der Waals surface area contributed by atoms with Crippen LogP contribution in [0.15, 0.2) is 128 Å². The van der Waals surface area contributed by atoms with Crippen LogP contribution in [0.5, 0.6) is 11.5 Å². The molecule has 0 aliphatic carbocycles. The first-order valence-corrected chi connectivity index (χ1v) is 15.3. The molecule has 0 radical (unpaired) electrons. The first kappa shape index (κ1) is 25.8. The van der Waals surface area contributed by atoms with Gasteiger partial charge in [0, 0.05) is 33.8 Å². The summed E-state index contributed by atoms with van der Waals surface area (Å²) in [6.45, 7) is 6.84. The van der Waals surface area contributed by atoms with E-state index in [9.17, 15) is 0 Å². The summed E-state index contributed by atoms with van der Waals surface area (Å²) in [6.07, 6.45) is 1.83. The van der Waals surface area contributed by atoms with Gasteiger partial charge in [0.15, 0.2) is 0 Å². The van der Waals surface area contributed by atoms with Crippen molar-refractivity contribution in [3.8, 4) is 17.3 Å². The number of ether oxygens (including phenoxy) is 1. The quantitative estimate of drug-likeness (QED) is 0.195. The van der Waals surface area contributed by atoms with Gasteiger partial charge in [0.1, 0.15) is 23.0 Å². The van der Waals surface area contributed by atoms with Crippen LogP contribution in [0.2, 0.25) is 0 Å². The standard InChI is InChI=1S/C40H30N4O/c1-40(2,3)31-12-10-16-35-38(31)29-21-19-25(23-30(29)39-42-32-13-5-7-15-34(32)44(35)39)45-26-18-20-28-27-11-4-6-14-33(27)43(36(28)24-26)37-17-8-9-22-41-37/h4-24H,1-3H3. The normalized spacial score (nSPS) is 12.3. The Morgan fingerprint density at radius 3 is 2.11 bits per heavy atom. The summed E-state index contributed by atoms with van der Waals surface area (Å²) in [4.78, 5) is 9.82. The van der Waals surface area contributed by atoms with Gasteiger partial charge < -0.3 is 4.74 Å². The van der Waals surface area contributed by atoms with Crippen molar-refractivity contribution in [2.24, 2.45) is 0 Å². The number of fused-ring (bicyclic) bond motifs is 11. The molecule has 5 aromatic carbocycles. The van der Waals surface area contributed by atoms with Gasteiger partial charge in [-0.25, -0.2) is 9.97 Å². The molecule has 216 valence electrons. The molecule has 0 unspecified atom stereocenters. The van der Waals surface area contributed by atoms with E-state index >= 15 is 0 Å². The third-order valence-electron chi connectivity index (χ3n) is 8.91. The Morgan fingerprint density at radius 1 is 0.578 bits per heavy atom. The van der Waals surface area contributed by atoms with Crippen molar-refractivity contribution in [2.75, 3.05) is 0 Å². The number of rotatable bonds is 3. The van der Waals surface area contributed by atoms with Gasteiger partial charge >= 0.3 is 0 Å². The second kappa shape index (κ2) is 9.41. The zero-order chi connectivity index (χ0) is 30.3. The summed E-state index contributed by atoms with van der Waals surface area (Å²) in [5.41, 5.74) is 7.62. The molecule has 9 rings (SSSR count). The summed E-state index contributed by atoms with van der Waals surface area (Å²) in [5.74, 6) is 2.41. The highest BCUT2D eigenvalue weighted by molar-refractivity contribution is 6.15. The van der Waals surface area contributed by atoms with Gasteiger partial charge in [0.25, 0.3) is 0 Å². The number of benzene rings is 5. The summed E-state index contributed by atoms with van der Waals surface area (Å²) in [7, 11) is 0. The number of pyridine rings is 2. The van der Waals surface area contributed by atoms with Crippen molar-refractivity contribution in [1.82, 2.24) is 18.9 Å². The molecule has 0 aliphatic heterocycles. The highest BCUT2D eigenvalue weighted by Gasteiger charge is 2.22. The fourth-order valence-electron chi connectivity index (χ4n) is 6.96. The van der Waals surface area contributed by atoms with Gasteiger partial charge in [-0.1, -0.05) is 69.3 Å². The Morgan fingerprint density at radius 2 is 1.29 bits per heavy atom. The van der Waals surface area contributed by atoms with E-state index in [1.165, 1.54) is 27.2 Å². The molecule has 0 amide bonds. The monoisotopic (exact) mass is 582 g/mol. The smallest absolute Gasteiger partial charge is 0.146 e. The number of aromatic nitrogens is 4. The topological polar surface area (TPSA) is 44.3 Å². The highest BCUT2D eigenvalue weighted by Crippen LogP contribution is 2.40. The molecule has 45 heavy (non-hydrogen) atoms. The van der Waals surface area contributed by atoms with E-state index in [1.807, 2.05) is 24.4 Å². The van der Waals surface area contributed by atoms with Crippen molar-refractivity contribution in [3.05, 3.63) is 133 Å². The Labute approximate surface area is 260 Å². The molecule has 0 atom stereocenters. The molecule has 0 fully saturated rings. The van der Waals surface area contributed by atoms with Crippen LogP contribution in [0.25, 0.3) is 66.0 Å². The fourth-order valence-corrected chi connectivity index (χ4v) is 6.96. The third kappa shape index (κ3) is 3.87. The Balaban J connectivity index is 1.27. The lowest BCUT2D eigenvalue weighted by Gasteiger charge is -2.23. The number of para-hydroxylation sites is 3. The maximum Gasteiger partial charge on any atom is 0.146 e. The molecule has 0 spiro atoms. The van der Waals surface area contributed by atoms with Gasteiger partial charge in [0.2, 0.25) is 0 Å². The zero-order valence-electron chi connectivity index (χ0n) is 25.3. The number of hydrogen-bond donors (Lipinski definition) is 0. The number of nitrogens with zero attached hydrogens (tertiary/aromatic N) is 4. The lowest BCUT2D eigenvalue weighted by Crippen LogP contribution is -2.12. The van der Waals surface area contributed by atoms with E-state index in [0.29, 0.717) is 0 Å². The minimum Gasteiger partial charge on any atom is -0.457 e. The average molecular weight is 583 g/mol. The molecule has 0 aliphatic rings. The maximum atomic E-state index is 6.64. The number of imidazole rings is 1. The molecule has 0 saturated heterocycles. The molecule has 4 aromatic heterocycles. The summed E-state index contributed by atoms with van der Waals surface area (Å²) in [6, 6.07) is 42.2. The molecular formula is C40H30N4O. The molecule has 0 saturated carbocycles. The van der Waals surface area contributed by atoms with E-state index in [4.69, 9.17) is 9.72 Å². The molecule has 4 heterocycles. The van der Waals surface area contributed by atoms with Gasteiger partial charge in [-0.05, 0) is 83.1 Å². The molecular weight excluding hydrogens is 552 g/mol. The Bertz CT molecular complexity index is 2600. The predicted molar refractivity (Wildman–Crippen MR) is 185 cm³/mol. The Kier molecular flexibility index (Phi) is 5.39. The van der Waals surface area contributed by atoms with Crippen molar-refractivity contribution in [2.45, 2.75) is 26.2 Å². The summed E-state index contributed by atoms with van der Waals surface area (Å²) < 4.78 is 11.2. The lowest BCUT2D eigenvalue weighted by atomic mass is 9.83. The van der Waals surface area contributed by atoms with E-state index in [1.54, 1.807) is 0 Å². The van der Waals surface area contributed by atoms with Crippen LogP contribution < -0.4 is 4.74 Å². The highest BCUT2D eigenvalue weighted by atomic mass is 16.5. The molecule has 0 bridgehead atoms. The van der Waals surface area contributed by atoms with Crippen molar-refractivity contribution >= 4 is 60.2 Å². The maximum absolute atomic E-state index is 6.64. The van der Waals surface area contributed by atoms with Gasteiger partial charge in [-0.15, -0.1) is 0 Å². The van der Waals surface area contributed by atoms with Crippen molar-refractivity contribution in [3.63, 3.8) is 0 Å². The minimum atomic E-state index is -0.0346. The fraction of sp³-hybridized carbons (Fsp3) is 0.100. The second-order valence-corrected chi connectivity index (χ2v) is 12.7. The molecule has 5 heteroatoms. The van der Waals surface area contributed by atoms with E-state index in [-0.39, 0.29) is 5.41 Å². The van der Waals surface area contributed by atoms with E-state index in [2.05, 4.69) is 138 Å². The SMILES string of the molecule is CC(C)(C)c1cccc2c1c1ccc(Oc3ccc4c5ccccc5n(-c5ccccn5)c4c3)cc1c1nc3ccccc3n21. The van der Waals surface area contributed by atoms with E-state index in [0.717, 1.165) is 55.8 Å². The van der Waals surface area contributed by atoms with E-state index < -0.39 is 0 Å². The second-order valence-electron chi connectivity index (χ2n) is 12.7. The van der Waals surface area contributed by atoms with Crippen LogP contribution in [-0.4, -0.2) is 18.9 Å². The van der Waals surface area contributed by atoms with Crippen LogP contribution >= 0.6 is 0 Å². The van der Waals surface area contributed by atoms with Gasteiger partial charge in [-0.3, -0.25) is 8.97 Å². The summed E-state index contributed by atoms with van der Waals surface area (Å²) in [5, 5.41) is 5.84. The van der Waals surface area contributed by atoms with Gasteiger partial charge in [-0.2, -0.15) is 0 Å². The first-order valence-electron chi connectivity index (χ1n) is 15.3. The minimum absolute atomic E-state index is 0.0346. The van der Waals surface area contributed by atoms with Crippen molar-refractivity contribution in [1.29, 1.82) is 0 Å². The van der Waals surface area contributed by atoms with Crippen LogP contribution in [0.3, 0.4) is 0 Å². The lowest BCUT2D eigenvalue weighted by molar-refractivity contribution is 0.484.